The van der Waals surface area contributed by atoms with E-state index in [0.717, 1.165) is 24.1 Å². The van der Waals surface area contributed by atoms with E-state index in [0.29, 0.717) is 34.6 Å². The third-order valence-electron chi connectivity index (χ3n) is 4.42. The Hall–Kier alpha value is -2.29. The number of halogens is 2. The first-order valence-corrected chi connectivity index (χ1v) is 9.47. The summed E-state index contributed by atoms with van der Waals surface area (Å²) < 4.78 is 5.95. The Balaban J connectivity index is 1.63. The summed E-state index contributed by atoms with van der Waals surface area (Å²) in [5.74, 6) is 0.451. The second kappa shape index (κ2) is 8.60. The first-order valence-electron chi connectivity index (χ1n) is 8.72. The fourth-order valence-electron chi connectivity index (χ4n) is 3.13. The summed E-state index contributed by atoms with van der Waals surface area (Å²) in [5.41, 5.74) is 2.07. The van der Waals surface area contributed by atoms with Gasteiger partial charge in [-0.2, -0.15) is 5.26 Å². The number of nitrogens with zero attached hydrogens (tertiary/aromatic N) is 3. The number of aromatic nitrogens is 1. The monoisotopic (exact) mass is 403 g/mol. The van der Waals surface area contributed by atoms with Gasteiger partial charge in [-0.25, -0.2) is 4.98 Å². The maximum Gasteiger partial charge on any atom is 0.227 e. The Bertz CT molecular complexity index is 895. The second-order valence-corrected chi connectivity index (χ2v) is 7.41. The summed E-state index contributed by atoms with van der Waals surface area (Å²) in [4.78, 5) is 18.8. The lowest BCUT2D eigenvalue weighted by molar-refractivity contribution is -0.133. The molecule has 1 aliphatic heterocycles. The molecule has 3 rings (SSSR count). The number of hydrogen-bond donors (Lipinski definition) is 0. The summed E-state index contributed by atoms with van der Waals surface area (Å²) in [6.07, 6.45) is 1.82. The van der Waals surface area contributed by atoms with Gasteiger partial charge in [-0.3, -0.25) is 4.79 Å². The summed E-state index contributed by atoms with van der Waals surface area (Å²) in [5, 5.41) is 10.00. The van der Waals surface area contributed by atoms with Gasteiger partial charge in [0.15, 0.2) is 0 Å². The van der Waals surface area contributed by atoms with Crippen molar-refractivity contribution in [2.75, 3.05) is 13.1 Å². The number of nitriles is 1. The van der Waals surface area contributed by atoms with E-state index in [9.17, 15) is 4.79 Å². The van der Waals surface area contributed by atoms with Crippen molar-refractivity contribution in [1.29, 1.82) is 5.26 Å². The number of pyridine rings is 1. The summed E-state index contributed by atoms with van der Waals surface area (Å²) >= 11 is 12.0. The molecule has 1 atom stereocenters. The van der Waals surface area contributed by atoms with Crippen molar-refractivity contribution in [1.82, 2.24) is 9.88 Å². The minimum Gasteiger partial charge on any atom is -0.472 e. The van der Waals surface area contributed by atoms with Gasteiger partial charge >= 0.3 is 0 Å². The second-order valence-electron chi connectivity index (χ2n) is 6.59. The molecule has 1 fully saturated rings. The maximum atomic E-state index is 12.7. The molecule has 0 unspecified atom stereocenters. The molecule has 1 aromatic carbocycles. The van der Waals surface area contributed by atoms with Crippen molar-refractivity contribution in [2.45, 2.75) is 32.3 Å². The highest BCUT2D eigenvalue weighted by Crippen LogP contribution is 2.24. The van der Waals surface area contributed by atoms with Crippen LogP contribution in [0.4, 0.5) is 0 Å². The first-order chi connectivity index (χ1) is 12.9. The van der Waals surface area contributed by atoms with Gasteiger partial charge in [-0.15, -0.1) is 0 Å². The molecule has 0 saturated carbocycles. The summed E-state index contributed by atoms with van der Waals surface area (Å²) in [6, 6.07) is 10.7. The van der Waals surface area contributed by atoms with Gasteiger partial charge in [-0.1, -0.05) is 29.3 Å². The molecule has 2 heterocycles. The molecule has 1 saturated heterocycles. The van der Waals surface area contributed by atoms with Crippen LogP contribution in [0.5, 0.6) is 5.88 Å². The number of likely N-dealkylation sites (tertiary alicyclic amines) is 1. The van der Waals surface area contributed by atoms with Crippen LogP contribution < -0.4 is 4.74 Å². The van der Waals surface area contributed by atoms with Crippen LogP contribution in [-0.4, -0.2) is 35.0 Å². The normalized spacial score (nSPS) is 16.7. The van der Waals surface area contributed by atoms with Crippen LogP contribution in [0.3, 0.4) is 0 Å². The van der Waals surface area contributed by atoms with Crippen molar-refractivity contribution in [3.05, 3.63) is 57.2 Å². The molecule has 0 aliphatic carbocycles. The third kappa shape index (κ3) is 5.12. The van der Waals surface area contributed by atoms with Gasteiger partial charge in [0.05, 0.1) is 34.6 Å². The lowest BCUT2D eigenvalue weighted by atomic mass is 10.1. The standard InChI is InChI=1S/C20H19Cl2N3O2/c1-13-7-15(11-23)9-19(24-13)27-16-3-2-6-25(12-16)20(26)10-14-4-5-17(21)18(22)8-14/h4-5,7-9,16H,2-3,6,10,12H2,1H3/t16-/m0/s1. The molecule has 140 valence electrons. The Kier molecular flexibility index (Phi) is 6.20. The first kappa shape index (κ1) is 19.5. The van der Waals surface area contributed by atoms with E-state index in [2.05, 4.69) is 11.1 Å². The largest absolute Gasteiger partial charge is 0.472 e. The van der Waals surface area contributed by atoms with E-state index in [1.807, 2.05) is 13.0 Å². The van der Waals surface area contributed by atoms with Crippen molar-refractivity contribution in [2.24, 2.45) is 0 Å². The van der Waals surface area contributed by atoms with Gasteiger partial charge in [0.2, 0.25) is 11.8 Å². The van der Waals surface area contributed by atoms with Crippen molar-refractivity contribution in [3.8, 4) is 11.9 Å². The molecule has 1 aromatic heterocycles. The SMILES string of the molecule is Cc1cc(C#N)cc(O[C@H]2CCCN(C(=O)Cc3ccc(Cl)c(Cl)c3)C2)n1. The predicted octanol–water partition coefficient (Wildman–Crippen LogP) is 4.18. The number of amides is 1. The smallest absolute Gasteiger partial charge is 0.227 e. The van der Waals surface area contributed by atoms with Gasteiger partial charge < -0.3 is 9.64 Å². The molecule has 7 heteroatoms. The third-order valence-corrected chi connectivity index (χ3v) is 5.16. The van der Waals surface area contributed by atoms with Gasteiger partial charge in [0, 0.05) is 18.3 Å². The number of carbonyl (C=O) groups is 1. The topological polar surface area (TPSA) is 66.2 Å². The quantitative estimate of drug-likeness (QED) is 0.767. The Labute approximate surface area is 168 Å². The zero-order valence-electron chi connectivity index (χ0n) is 14.9. The Morgan fingerprint density at radius 3 is 2.89 bits per heavy atom. The molecular formula is C20H19Cl2N3O2. The number of piperidine rings is 1. The fraction of sp³-hybridized carbons (Fsp3) is 0.350. The average Bonchev–Trinajstić information content (AvgIpc) is 2.64. The Morgan fingerprint density at radius 1 is 1.33 bits per heavy atom. The number of ether oxygens (including phenoxy) is 1. The highest BCUT2D eigenvalue weighted by atomic mass is 35.5. The van der Waals surface area contributed by atoms with Crippen molar-refractivity contribution >= 4 is 29.1 Å². The molecule has 0 bridgehead atoms. The molecule has 5 nitrogen and oxygen atoms in total. The molecule has 2 aromatic rings. The van der Waals surface area contributed by atoms with Crippen molar-refractivity contribution in [3.63, 3.8) is 0 Å². The van der Waals surface area contributed by atoms with Crippen LogP contribution in [0, 0.1) is 18.3 Å². The molecular weight excluding hydrogens is 385 g/mol. The predicted molar refractivity (Wildman–Crippen MR) is 104 cm³/mol. The van der Waals surface area contributed by atoms with E-state index in [1.165, 1.54) is 0 Å². The zero-order chi connectivity index (χ0) is 19.4. The van der Waals surface area contributed by atoms with Crippen LogP contribution in [0.15, 0.2) is 30.3 Å². The van der Waals surface area contributed by atoms with Gasteiger partial charge in [-0.05, 0) is 43.5 Å². The van der Waals surface area contributed by atoms with Gasteiger partial charge in [0.1, 0.15) is 6.10 Å². The maximum absolute atomic E-state index is 12.7. The fourth-order valence-corrected chi connectivity index (χ4v) is 3.45. The molecule has 0 N–H and O–H groups in total. The van der Waals surface area contributed by atoms with Crippen LogP contribution in [-0.2, 0) is 11.2 Å². The van der Waals surface area contributed by atoms with E-state index in [1.54, 1.807) is 29.2 Å². The Morgan fingerprint density at radius 2 is 2.15 bits per heavy atom. The molecule has 27 heavy (non-hydrogen) atoms. The minimum atomic E-state index is -0.141. The number of carbonyl (C=O) groups excluding carboxylic acids is 1. The van der Waals surface area contributed by atoms with E-state index < -0.39 is 0 Å². The molecule has 1 amide bonds. The van der Waals surface area contributed by atoms with Crippen LogP contribution in [0.1, 0.15) is 29.7 Å². The number of rotatable bonds is 4. The average molecular weight is 404 g/mol. The van der Waals surface area contributed by atoms with Crippen LogP contribution in [0.2, 0.25) is 10.0 Å². The lowest BCUT2D eigenvalue weighted by Crippen LogP contribution is -2.45. The highest BCUT2D eigenvalue weighted by molar-refractivity contribution is 6.42. The minimum absolute atomic E-state index is 0.0246. The van der Waals surface area contributed by atoms with E-state index in [4.69, 9.17) is 33.2 Å². The van der Waals surface area contributed by atoms with Crippen molar-refractivity contribution < 1.29 is 9.53 Å². The number of aryl methyl sites for hydroxylation is 1. The van der Waals surface area contributed by atoms with E-state index in [-0.39, 0.29) is 18.4 Å². The van der Waals surface area contributed by atoms with E-state index >= 15 is 0 Å². The molecule has 0 radical (unpaired) electrons. The number of hydrogen-bond acceptors (Lipinski definition) is 4. The number of benzene rings is 1. The van der Waals surface area contributed by atoms with Crippen LogP contribution >= 0.6 is 23.2 Å². The zero-order valence-corrected chi connectivity index (χ0v) is 16.4. The lowest BCUT2D eigenvalue weighted by Gasteiger charge is -2.32. The molecule has 0 spiro atoms. The molecule has 1 aliphatic rings. The van der Waals surface area contributed by atoms with Crippen LogP contribution in [0.25, 0.3) is 0 Å². The highest BCUT2D eigenvalue weighted by Gasteiger charge is 2.25. The summed E-state index contributed by atoms with van der Waals surface area (Å²) in [7, 11) is 0. The summed E-state index contributed by atoms with van der Waals surface area (Å²) in [6.45, 7) is 3.02. The van der Waals surface area contributed by atoms with Gasteiger partial charge in [0.25, 0.3) is 0 Å².